The van der Waals surface area contributed by atoms with Crippen molar-refractivity contribution in [2.45, 2.75) is 26.3 Å². The molecular weight excluding hydrogens is 308 g/mol. The topological polar surface area (TPSA) is 85.8 Å². The van der Waals surface area contributed by atoms with Crippen LogP contribution in [0.2, 0.25) is 0 Å². The average Bonchev–Trinajstić information content (AvgIpc) is 2.94. The van der Waals surface area contributed by atoms with Crippen LogP contribution < -0.4 is 5.73 Å². The Hall–Kier alpha value is -2.34. The summed E-state index contributed by atoms with van der Waals surface area (Å²) >= 11 is 0. The van der Waals surface area contributed by atoms with Crippen molar-refractivity contribution in [1.82, 2.24) is 4.90 Å². The molecular formula is C18H22N2O4. The van der Waals surface area contributed by atoms with E-state index in [4.69, 9.17) is 14.9 Å². The van der Waals surface area contributed by atoms with Crippen LogP contribution in [0.3, 0.4) is 0 Å². The quantitative estimate of drug-likeness (QED) is 0.850. The third-order valence-corrected chi connectivity index (χ3v) is 4.45. The van der Waals surface area contributed by atoms with Crippen LogP contribution in [0.5, 0.6) is 0 Å². The zero-order valence-corrected chi connectivity index (χ0v) is 13.8. The lowest BCUT2D eigenvalue weighted by molar-refractivity contribution is -0.123. The lowest BCUT2D eigenvalue weighted by atomic mass is 9.97. The van der Waals surface area contributed by atoms with Crippen LogP contribution in [-0.4, -0.2) is 36.5 Å². The number of hydrogen-bond acceptors (Lipinski definition) is 5. The van der Waals surface area contributed by atoms with Crippen molar-refractivity contribution in [2.75, 3.05) is 19.7 Å². The van der Waals surface area contributed by atoms with E-state index in [2.05, 4.69) is 4.90 Å². The Morgan fingerprint density at radius 3 is 2.92 bits per heavy atom. The normalized spacial score (nSPS) is 18.6. The summed E-state index contributed by atoms with van der Waals surface area (Å²) in [6.45, 7) is 4.07. The molecule has 1 atom stereocenters. The fourth-order valence-electron chi connectivity index (χ4n) is 3.27. The fraction of sp³-hybridized carbons (Fsp3) is 0.444. The lowest BCUT2D eigenvalue weighted by Crippen LogP contribution is -2.40. The molecule has 1 aliphatic heterocycles. The van der Waals surface area contributed by atoms with Gasteiger partial charge < -0.3 is 14.9 Å². The third kappa shape index (κ3) is 3.28. The second-order valence-electron chi connectivity index (χ2n) is 6.10. The second kappa shape index (κ2) is 7.05. The monoisotopic (exact) mass is 330 g/mol. The Bertz CT molecular complexity index is 753. The van der Waals surface area contributed by atoms with Gasteiger partial charge in [0.15, 0.2) is 0 Å². The predicted molar refractivity (Wildman–Crippen MR) is 89.4 cm³/mol. The number of carbonyl (C=O) groups excluding carboxylic acids is 2. The molecule has 2 heterocycles. The minimum Gasteiger partial charge on any atom is -0.460 e. The van der Waals surface area contributed by atoms with Gasteiger partial charge in [0, 0.05) is 24.0 Å². The van der Waals surface area contributed by atoms with Crippen molar-refractivity contribution < 1.29 is 18.7 Å². The number of hydrogen-bond donors (Lipinski definition) is 1. The van der Waals surface area contributed by atoms with Gasteiger partial charge >= 0.3 is 5.97 Å². The van der Waals surface area contributed by atoms with Gasteiger partial charge in [-0.1, -0.05) is 18.2 Å². The number of rotatable bonds is 5. The molecule has 0 aliphatic carbocycles. The first-order valence-electron chi connectivity index (χ1n) is 8.29. The molecule has 2 aromatic rings. The van der Waals surface area contributed by atoms with Gasteiger partial charge in [-0.05, 0) is 32.4 Å². The number of esters is 1. The molecule has 1 aromatic heterocycles. The van der Waals surface area contributed by atoms with E-state index in [-0.39, 0.29) is 17.6 Å². The number of ether oxygens (including phenoxy) is 1. The first kappa shape index (κ1) is 16.5. The molecule has 2 N–H and O–H groups in total. The van der Waals surface area contributed by atoms with Crippen LogP contribution in [0.15, 0.2) is 28.7 Å². The average molecular weight is 330 g/mol. The van der Waals surface area contributed by atoms with Crippen molar-refractivity contribution in [1.29, 1.82) is 0 Å². The van der Waals surface area contributed by atoms with Gasteiger partial charge in [-0.2, -0.15) is 0 Å². The van der Waals surface area contributed by atoms with E-state index in [1.807, 2.05) is 24.3 Å². The second-order valence-corrected chi connectivity index (χ2v) is 6.10. The van der Waals surface area contributed by atoms with Crippen LogP contribution in [0.1, 0.15) is 35.9 Å². The molecule has 1 aromatic carbocycles. The smallest absolute Gasteiger partial charge is 0.374 e. The number of likely N-dealkylation sites (tertiary alicyclic amines) is 1. The molecule has 1 amide bonds. The highest BCUT2D eigenvalue weighted by Crippen LogP contribution is 2.29. The van der Waals surface area contributed by atoms with Gasteiger partial charge in [0.25, 0.3) is 0 Å². The number of amides is 1. The summed E-state index contributed by atoms with van der Waals surface area (Å²) in [4.78, 5) is 25.9. The van der Waals surface area contributed by atoms with Gasteiger partial charge in [-0.25, -0.2) is 4.79 Å². The van der Waals surface area contributed by atoms with Gasteiger partial charge in [0.2, 0.25) is 11.7 Å². The van der Waals surface area contributed by atoms with E-state index in [0.29, 0.717) is 25.3 Å². The van der Waals surface area contributed by atoms with Crippen molar-refractivity contribution in [3.8, 4) is 0 Å². The Balaban J connectivity index is 1.91. The Morgan fingerprint density at radius 1 is 1.38 bits per heavy atom. The summed E-state index contributed by atoms with van der Waals surface area (Å²) in [6.07, 6.45) is 1.74. The highest BCUT2D eigenvalue weighted by Gasteiger charge is 2.28. The van der Waals surface area contributed by atoms with Gasteiger partial charge in [-0.3, -0.25) is 9.69 Å². The molecule has 1 saturated heterocycles. The SMILES string of the molecule is CCOC(=O)c1oc2ccccc2c1CN1CCC[C@@H](C(N)=O)C1. The summed E-state index contributed by atoms with van der Waals surface area (Å²) in [6, 6.07) is 7.56. The van der Waals surface area contributed by atoms with Gasteiger partial charge in [0.1, 0.15) is 5.58 Å². The number of furan rings is 1. The van der Waals surface area contributed by atoms with Crippen molar-refractivity contribution in [3.05, 3.63) is 35.6 Å². The number of nitrogens with zero attached hydrogens (tertiary/aromatic N) is 1. The number of primary amides is 1. The predicted octanol–water partition coefficient (Wildman–Crippen LogP) is 2.31. The highest BCUT2D eigenvalue weighted by atomic mass is 16.5. The summed E-state index contributed by atoms with van der Waals surface area (Å²) in [5.74, 6) is -0.600. The summed E-state index contributed by atoms with van der Waals surface area (Å²) in [5, 5.41) is 0.904. The van der Waals surface area contributed by atoms with Crippen LogP contribution in [0.4, 0.5) is 0 Å². The minimum absolute atomic E-state index is 0.136. The minimum atomic E-state index is -0.452. The number of para-hydroxylation sites is 1. The summed E-state index contributed by atoms with van der Waals surface area (Å²) < 4.78 is 10.9. The molecule has 128 valence electrons. The standard InChI is InChI=1S/C18H22N2O4/c1-2-23-18(22)16-14(13-7-3-4-8-15(13)24-16)11-20-9-5-6-12(10-20)17(19)21/h3-4,7-8,12H,2,5-6,9-11H2,1H3,(H2,19,21)/t12-/m1/s1. The first-order chi connectivity index (χ1) is 11.6. The van der Waals surface area contributed by atoms with Crippen LogP contribution >= 0.6 is 0 Å². The molecule has 3 rings (SSSR count). The van der Waals surface area contributed by atoms with Crippen LogP contribution in [0.25, 0.3) is 11.0 Å². The van der Waals surface area contributed by atoms with Crippen LogP contribution in [0, 0.1) is 5.92 Å². The first-order valence-corrected chi connectivity index (χ1v) is 8.29. The maximum Gasteiger partial charge on any atom is 0.374 e. The number of nitrogens with two attached hydrogens (primary N) is 1. The maximum atomic E-state index is 12.2. The van der Waals surface area contributed by atoms with Crippen molar-refractivity contribution in [3.63, 3.8) is 0 Å². The van der Waals surface area contributed by atoms with Crippen molar-refractivity contribution >= 4 is 22.8 Å². The molecule has 0 bridgehead atoms. The molecule has 1 fully saturated rings. The number of fused-ring (bicyclic) bond motifs is 1. The van der Waals surface area contributed by atoms with E-state index in [9.17, 15) is 9.59 Å². The van der Waals surface area contributed by atoms with Crippen LogP contribution in [-0.2, 0) is 16.1 Å². The summed E-state index contributed by atoms with van der Waals surface area (Å²) in [7, 11) is 0. The zero-order chi connectivity index (χ0) is 17.1. The van der Waals surface area contributed by atoms with Gasteiger partial charge in [-0.15, -0.1) is 0 Å². The van der Waals surface area contributed by atoms with E-state index < -0.39 is 5.97 Å². The number of carbonyl (C=O) groups is 2. The van der Waals surface area contributed by atoms with Gasteiger partial charge in [0.05, 0.1) is 12.5 Å². The molecule has 0 radical (unpaired) electrons. The fourth-order valence-corrected chi connectivity index (χ4v) is 3.27. The molecule has 6 heteroatoms. The maximum absolute atomic E-state index is 12.2. The van der Waals surface area contributed by atoms with E-state index in [1.54, 1.807) is 6.92 Å². The number of piperidine rings is 1. The number of benzene rings is 1. The van der Waals surface area contributed by atoms with E-state index >= 15 is 0 Å². The van der Waals surface area contributed by atoms with E-state index in [1.165, 1.54) is 0 Å². The Morgan fingerprint density at radius 2 is 2.17 bits per heavy atom. The molecule has 0 spiro atoms. The zero-order valence-electron chi connectivity index (χ0n) is 13.8. The molecule has 0 unspecified atom stereocenters. The molecule has 1 aliphatic rings. The highest BCUT2D eigenvalue weighted by molar-refractivity contribution is 5.96. The lowest BCUT2D eigenvalue weighted by Gasteiger charge is -2.31. The largest absolute Gasteiger partial charge is 0.460 e. The summed E-state index contributed by atoms with van der Waals surface area (Å²) in [5.41, 5.74) is 6.93. The third-order valence-electron chi connectivity index (χ3n) is 4.45. The Kier molecular flexibility index (Phi) is 4.85. The Labute approximate surface area is 140 Å². The van der Waals surface area contributed by atoms with Crippen molar-refractivity contribution in [2.24, 2.45) is 11.7 Å². The molecule has 6 nitrogen and oxygen atoms in total. The molecule has 0 saturated carbocycles. The van der Waals surface area contributed by atoms with E-state index in [0.717, 1.165) is 30.3 Å². The molecule has 24 heavy (non-hydrogen) atoms.